The summed E-state index contributed by atoms with van der Waals surface area (Å²) in [7, 11) is 0. The molecule has 1 aliphatic heterocycles. The maximum absolute atomic E-state index is 11.4. The molecule has 1 fully saturated rings. The van der Waals surface area contributed by atoms with Crippen molar-refractivity contribution in [1.82, 2.24) is 9.88 Å². The van der Waals surface area contributed by atoms with Gasteiger partial charge in [-0.3, -0.25) is 9.88 Å². The first-order valence-corrected chi connectivity index (χ1v) is 8.36. The average Bonchev–Trinajstić information content (AvgIpc) is 2.64. The summed E-state index contributed by atoms with van der Waals surface area (Å²) in [5, 5.41) is 9.32. The molecule has 0 amide bonds. The molecule has 1 aromatic carbocycles. The maximum atomic E-state index is 11.4. The molecule has 6 heteroatoms. The summed E-state index contributed by atoms with van der Waals surface area (Å²) in [5.74, 6) is -0.140. The van der Waals surface area contributed by atoms with E-state index in [0.29, 0.717) is 12.2 Å². The van der Waals surface area contributed by atoms with Crippen LogP contribution in [0, 0.1) is 6.92 Å². The number of ether oxygens (including phenoxy) is 2. The molecule has 132 valence electrons. The van der Waals surface area contributed by atoms with Gasteiger partial charge in [-0.2, -0.15) is 0 Å². The lowest BCUT2D eigenvalue weighted by Gasteiger charge is -2.26. The van der Waals surface area contributed by atoms with Crippen LogP contribution in [0.25, 0.3) is 11.1 Å². The summed E-state index contributed by atoms with van der Waals surface area (Å²) >= 11 is 0. The summed E-state index contributed by atoms with van der Waals surface area (Å²) in [6.45, 7) is 6.91. The number of aryl methyl sites for hydroxylation is 1. The minimum Gasteiger partial charge on any atom is -0.492 e. The van der Waals surface area contributed by atoms with Crippen molar-refractivity contribution in [2.24, 2.45) is 0 Å². The van der Waals surface area contributed by atoms with Gasteiger partial charge in [0.2, 0.25) is 0 Å². The number of carboxylic acid groups (broad SMARTS) is 1. The van der Waals surface area contributed by atoms with Crippen LogP contribution in [-0.4, -0.2) is 60.4 Å². The highest BCUT2D eigenvalue weighted by Crippen LogP contribution is 2.28. The van der Waals surface area contributed by atoms with Crippen LogP contribution >= 0.6 is 0 Å². The largest absolute Gasteiger partial charge is 0.492 e. The zero-order valence-electron chi connectivity index (χ0n) is 14.3. The molecule has 0 radical (unpaired) electrons. The Morgan fingerprint density at radius 2 is 2.12 bits per heavy atom. The molecule has 6 nitrogen and oxygen atoms in total. The molecular formula is C19H22N2O4. The van der Waals surface area contributed by atoms with Crippen LogP contribution in [0.3, 0.4) is 0 Å². The summed E-state index contributed by atoms with van der Waals surface area (Å²) in [4.78, 5) is 17.7. The number of benzene rings is 1. The van der Waals surface area contributed by atoms with Crippen molar-refractivity contribution < 1.29 is 19.4 Å². The number of aromatic carboxylic acids is 1. The van der Waals surface area contributed by atoms with E-state index >= 15 is 0 Å². The highest BCUT2D eigenvalue weighted by Gasteiger charge is 2.13. The maximum Gasteiger partial charge on any atom is 0.336 e. The Morgan fingerprint density at radius 1 is 1.32 bits per heavy atom. The monoisotopic (exact) mass is 342 g/mol. The summed E-state index contributed by atoms with van der Waals surface area (Å²) in [5.41, 5.74) is 2.65. The molecule has 0 unspecified atom stereocenters. The number of aromatic nitrogens is 1. The van der Waals surface area contributed by atoms with Crippen molar-refractivity contribution in [3.05, 3.63) is 47.8 Å². The van der Waals surface area contributed by atoms with Gasteiger partial charge in [-0.1, -0.05) is 6.07 Å². The average molecular weight is 342 g/mol. The van der Waals surface area contributed by atoms with Crippen LogP contribution < -0.4 is 4.74 Å². The Labute approximate surface area is 147 Å². The van der Waals surface area contributed by atoms with E-state index in [4.69, 9.17) is 9.47 Å². The highest BCUT2D eigenvalue weighted by molar-refractivity contribution is 5.95. The van der Waals surface area contributed by atoms with Gasteiger partial charge < -0.3 is 14.6 Å². The molecule has 2 heterocycles. The Balaban J connectivity index is 1.68. The number of carboxylic acids is 1. The Hall–Kier alpha value is -2.44. The smallest absolute Gasteiger partial charge is 0.336 e. The third kappa shape index (κ3) is 4.35. The van der Waals surface area contributed by atoms with Crippen molar-refractivity contribution >= 4 is 5.97 Å². The first-order valence-electron chi connectivity index (χ1n) is 8.36. The molecule has 1 aromatic heterocycles. The molecule has 3 rings (SSSR count). The number of morpholine rings is 1. The Morgan fingerprint density at radius 3 is 2.84 bits per heavy atom. The van der Waals surface area contributed by atoms with Crippen LogP contribution in [0.2, 0.25) is 0 Å². The van der Waals surface area contributed by atoms with Crippen molar-refractivity contribution in [3.8, 4) is 16.9 Å². The van der Waals surface area contributed by atoms with E-state index in [1.807, 2.05) is 25.1 Å². The zero-order valence-corrected chi connectivity index (χ0v) is 14.3. The molecule has 0 aliphatic carbocycles. The van der Waals surface area contributed by atoms with E-state index < -0.39 is 5.97 Å². The van der Waals surface area contributed by atoms with Crippen LogP contribution in [0.5, 0.6) is 5.75 Å². The van der Waals surface area contributed by atoms with Gasteiger partial charge in [-0.25, -0.2) is 4.79 Å². The van der Waals surface area contributed by atoms with E-state index in [0.717, 1.165) is 49.7 Å². The van der Waals surface area contributed by atoms with Crippen molar-refractivity contribution in [1.29, 1.82) is 0 Å². The van der Waals surface area contributed by atoms with Gasteiger partial charge in [0.15, 0.2) is 0 Å². The molecule has 0 bridgehead atoms. The molecule has 0 spiro atoms. The predicted octanol–water partition coefficient (Wildman–Crippen LogP) is 2.47. The standard InChI is InChI=1S/C19H22N2O4/c1-14-12-15(17-13-20-5-4-16(17)19(22)23)2-3-18(14)25-11-8-21-6-9-24-10-7-21/h2-5,12-13H,6-11H2,1H3,(H,22,23). The van der Waals surface area contributed by atoms with Gasteiger partial charge in [0.25, 0.3) is 0 Å². The summed E-state index contributed by atoms with van der Waals surface area (Å²) in [6, 6.07) is 7.22. The first kappa shape index (κ1) is 17.4. The van der Waals surface area contributed by atoms with Gasteiger partial charge in [0, 0.05) is 37.6 Å². The zero-order chi connectivity index (χ0) is 17.6. The number of hydrogen-bond donors (Lipinski definition) is 1. The van der Waals surface area contributed by atoms with Crippen LogP contribution in [0.1, 0.15) is 15.9 Å². The predicted molar refractivity (Wildman–Crippen MR) is 94.1 cm³/mol. The lowest BCUT2D eigenvalue weighted by molar-refractivity contribution is 0.0322. The molecule has 1 aliphatic rings. The Kier molecular flexibility index (Phi) is 5.63. The molecule has 1 saturated heterocycles. The van der Waals surface area contributed by atoms with Gasteiger partial charge in [-0.15, -0.1) is 0 Å². The van der Waals surface area contributed by atoms with E-state index in [9.17, 15) is 9.90 Å². The van der Waals surface area contributed by atoms with Gasteiger partial charge in [0.1, 0.15) is 12.4 Å². The molecule has 0 saturated carbocycles. The number of rotatable bonds is 6. The van der Waals surface area contributed by atoms with Crippen LogP contribution in [-0.2, 0) is 4.74 Å². The lowest BCUT2D eigenvalue weighted by atomic mass is 10.00. The van der Waals surface area contributed by atoms with Crippen molar-refractivity contribution in [2.75, 3.05) is 39.5 Å². The van der Waals surface area contributed by atoms with Crippen LogP contribution in [0.15, 0.2) is 36.7 Å². The third-order valence-corrected chi connectivity index (χ3v) is 4.31. The second kappa shape index (κ2) is 8.09. The fraction of sp³-hybridized carbons (Fsp3) is 0.368. The minimum atomic E-state index is -0.958. The summed E-state index contributed by atoms with van der Waals surface area (Å²) < 4.78 is 11.2. The molecule has 0 atom stereocenters. The van der Waals surface area contributed by atoms with Crippen molar-refractivity contribution in [2.45, 2.75) is 6.92 Å². The molecule has 25 heavy (non-hydrogen) atoms. The number of hydrogen-bond acceptors (Lipinski definition) is 5. The summed E-state index contributed by atoms with van der Waals surface area (Å²) in [6.07, 6.45) is 3.07. The second-order valence-corrected chi connectivity index (χ2v) is 6.01. The van der Waals surface area contributed by atoms with Gasteiger partial charge in [-0.05, 0) is 36.2 Å². The van der Waals surface area contributed by atoms with Crippen LogP contribution in [0.4, 0.5) is 0 Å². The fourth-order valence-corrected chi connectivity index (χ4v) is 2.90. The molecule has 1 N–H and O–H groups in total. The molecule has 2 aromatic rings. The lowest BCUT2D eigenvalue weighted by Crippen LogP contribution is -2.38. The number of pyridine rings is 1. The topological polar surface area (TPSA) is 71.9 Å². The first-order chi connectivity index (χ1) is 12.1. The van der Waals surface area contributed by atoms with E-state index in [1.165, 1.54) is 12.3 Å². The highest BCUT2D eigenvalue weighted by atomic mass is 16.5. The fourth-order valence-electron chi connectivity index (χ4n) is 2.90. The Bertz CT molecular complexity index is 742. The van der Waals surface area contributed by atoms with Crippen molar-refractivity contribution in [3.63, 3.8) is 0 Å². The number of carbonyl (C=O) groups is 1. The van der Waals surface area contributed by atoms with Gasteiger partial charge in [0.05, 0.1) is 18.8 Å². The number of nitrogens with zero attached hydrogens (tertiary/aromatic N) is 2. The SMILES string of the molecule is Cc1cc(-c2cnccc2C(=O)O)ccc1OCCN1CCOCC1. The van der Waals surface area contributed by atoms with Gasteiger partial charge >= 0.3 is 5.97 Å². The minimum absolute atomic E-state index is 0.246. The third-order valence-electron chi connectivity index (χ3n) is 4.31. The second-order valence-electron chi connectivity index (χ2n) is 6.01. The van der Waals surface area contributed by atoms with E-state index in [2.05, 4.69) is 9.88 Å². The van der Waals surface area contributed by atoms with E-state index in [-0.39, 0.29) is 5.56 Å². The quantitative estimate of drug-likeness (QED) is 0.869. The normalized spacial score (nSPS) is 15.1. The molecular weight excluding hydrogens is 320 g/mol. The van der Waals surface area contributed by atoms with E-state index in [1.54, 1.807) is 6.20 Å².